The number of carbonyl (C=O) groups excluding carboxylic acids is 1. The molecular weight excluding hydrogens is 320 g/mol. The molecule has 0 N–H and O–H groups in total. The van der Waals surface area contributed by atoms with E-state index < -0.39 is 0 Å². The minimum absolute atomic E-state index is 0.0359. The Hall–Kier alpha value is -0.790. The van der Waals surface area contributed by atoms with E-state index in [9.17, 15) is 4.79 Å². The average molecular weight is 367 g/mol. The molecule has 0 rings (SSSR count). The highest BCUT2D eigenvalue weighted by Gasteiger charge is 2.01. The van der Waals surface area contributed by atoms with Crippen LogP contribution in [0.2, 0.25) is 0 Å². The number of hydrogen-bond acceptors (Lipinski definition) is 2. The van der Waals surface area contributed by atoms with Crippen LogP contribution in [0.3, 0.4) is 0 Å². The fraction of sp³-hybridized carbons (Fsp3) is 0.875. The molecule has 0 bridgehead atoms. The summed E-state index contributed by atoms with van der Waals surface area (Å²) in [5.74, 6) is -0.0359. The summed E-state index contributed by atoms with van der Waals surface area (Å²) in [6.45, 7) is 4.93. The van der Waals surface area contributed by atoms with E-state index in [1.165, 1.54) is 96.3 Å². The minimum Gasteiger partial charge on any atom is -0.461 e. The van der Waals surface area contributed by atoms with Gasteiger partial charge in [-0.3, -0.25) is 4.79 Å². The summed E-state index contributed by atoms with van der Waals surface area (Å²) in [4.78, 5) is 11.6. The van der Waals surface area contributed by atoms with Crippen molar-refractivity contribution in [1.29, 1.82) is 0 Å². The number of allylic oxidation sites excluding steroid dienone is 1. The lowest BCUT2D eigenvalue weighted by molar-refractivity contribution is -0.142. The summed E-state index contributed by atoms with van der Waals surface area (Å²) in [7, 11) is 0. The molecule has 154 valence electrons. The SMILES string of the molecule is CCCCC/C=C/COC(=O)CCCCCCCCCCCCCCC. The molecule has 26 heavy (non-hydrogen) atoms. The smallest absolute Gasteiger partial charge is 0.306 e. The molecule has 2 nitrogen and oxygen atoms in total. The van der Waals surface area contributed by atoms with E-state index in [2.05, 4.69) is 19.9 Å². The molecule has 0 atom stereocenters. The van der Waals surface area contributed by atoms with Crippen LogP contribution >= 0.6 is 0 Å². The average Bonchev–Trinajstić information content (AvgIpc) is 2.64. The first-order chi connectivity index (χ1) is 12.8. The summed E-state index contributed by atoms with van der Waals surface area (Å²) >= 11 is 0. The summed E-state index contributed by atoms with van der Waals surface area (Å²) in [6, 6.07) is 0. The molecule has 0 aromatic heterocycles. The van der Waals surface area contributed by atoms with Crippen LogP contribution in [0.5, 0.6) is 0 Å². The number of rotatable bonds is 20. The molecule has 0 radical (unpaired) electrons. The van der Waals surface area contributed by atoms with E-state index in [-0.39, 0.29) is 5.97 Å². The highest BCUT2D eigenvalue weighted by molar-refractivity contribution is 5.69. The van der Waals surface area contributed by atoms with Gasteiger partial charge in [-0.25, -0.2) is 0 Å². The quantitative estimate of drug-likeness (QED) is 0.123. The Morgan fingerprint density at radius 1 is 0.615 bits per heavy atom. The van der Waals surface area contributed by atoms with Crippen molar-refractivity contribution in [3.05, 3.63) is 12.2 Å². The molecular formula is C24H46O2. The van der Waals surface area contributed by atoms with Gasteiger partial charge in [0.2, 0.25) is 0 Å². The zero-order valence-corrected chi connectivity index (χ0v) is 17.9. The van der Waals surface area contributed by atoms with Crippen LogP contribution in [0.1, 0.15) is 129 Å². The standard InChI is InChI=1S/C24H46O2/c1-3-5-7-9-11-12-13-14-15-16-17-18-20-22-24(25)26-23-21-19-10-8-6-4-2/h19,21H,3-18,20,22-23H2,1-2H3/b21-19+. The lowest BCUT2D eigenvalue weighted by Crippen LogP contribution is -2.03. The van der Waals surface area contributed by atoms with Crippen LogP contribution in [0, 0.1) is 0 Å². The maximum atomic E-state index is 11.6. The fourth-order valence-corrected chi connectivity index (χ4v) is 3.20. The maximum absolute atomic E-state index is 11.6. The van der Waals surface area contributed by atoms with Gasteiger partial charge in [0.15, 0.2) is 0 Å². The lowest BCUT2D eigenvalue weighted by Gasteiger charge is -2.04. The van der Waals surface area contributed by atoms with Gasteiger partial charge in [-0.15, -0.1) is 0 Å². The second kappa shape index (κ2) is 22.3. The molecule has 0 aromatic carbocycles. The van der Waals surface area contributed by atoms with Crippen molar-refractivity contribution in [3.8, 4) is 0 Å². The van der Waals surface area contributed by atoms with Crippen molar-refractivity contribution < 1.29 is 9.53 Å². The highest BCUT2D eigenvalue weighted by atomic mass is 16.5. The predicted molar refractivity (Wildman–Crippen MR) is 115 cm³/mol. The fourth-order valence-electron chi connectivity index (χ4n) is 3.20. The van der Waals surface area contributed by atoms with Gasteiger partial charge in [0.1, 0.15) is 6.61 Å². The molecule has 0 aliphatic rings. The Morgan fingerprint density at radius 2 is 1.08 bits per heavy atom. The van der Waals surface area contributed by atoms with Gasteiger partial charge < -0.3 is 4.74 Å². The van der Waals surface area contributed by atoms with Crippen molar-refractivity contribution in [1.82, 2.24) is 0 Å². The number of unbranched alkanes of at least 4 members (excludes halogenated alkanes) is 15. The summed E-state index contributed by atoms with van der Waals surface area (Å²) in [6.07, 6.45) is 26.9. The highest BCUT2D eigenvalue weighted by Crippen LogP contribution is 2.13. The van der Waals surface area contributed by atoms with Gasteiger partial charge >= 0.3 is 5.97 Å². The Bertz CT molecular complexity index is 309. The Morgan fingerprint density at radius 3 is 1.62 bits per heavy atom. The number of esters is 1. The first kappa shape index (κ1) is 25.2. The second-order valence-electron chi connectivity index (χ2n) is 7.64. The Kier molecular flexibility index (Phi) is 21.6. The molecule has 0 amide bonds. The van der Waals surface area contributed by atoms with Crippen molar-refractivity contribution in [2.75, 3.05) is 6.61 Å². The summed E-state index contributed by atoms with van der Waals surface area (Å²) < 4.78 is 5.23. The van der Waals surface area contributed by atoms with Crippen molar-refractivity contribution in [3.63, 3.8) is 0 Å². The van der Waals surface area contributed by atoms with Crippen molar-refractivity contribution in [2.45, 2.75) is 129 Å². The topological polar surface area (TPSA) is 26.3 Å². The molecule has 2 heteroatoms. The van der Waals surface area contributed by atoms with Crippen LogP contribution in [-0.2, 0) is 9.53 Å². The maximum Gasteiger partial charge on any atom is 0.306 e. The van der Waals surface area contributed by atoms with Gasteiger partial charge in [0.25, 0.3) is 0 Å². The molecule has 0 aliphatic heterocycles. The van der Waals surface area contributed by atoms with Gasteiger partial charge in [0.05, 0.1) is 0 Å². The second-order valence-corrected chi connectivity index (χ2v) is 7.64. The predicted octanol–water partition coefficient (Wildman–Crippen LogP) is 8.15. The summed E-state index contributed by atoms with van der Waals surface area (Å²) in [5.41, 5.74) is 0. The van der Waals surface area contributed by atoms with E-state index in [0.717, 1.165) is 12.8 Å². The zero-order valence-electron chi connectivity index (χ0n) is 17.9. The van der Waals surface area contributed by atoms with E-state index in [1.807, 2.05) is 6.08 Å². The Balaban J connectivity index is 3.18. The lowest BCUT2D eigenvalue weighted by atomic mass is 10.0. The Labute approximate surface area is 164 Å². The third-order valence-electron chi connectivity index (χ3n) is 4.97. The number of ether oxygens (including phenoxy) is 1. The number of hydrogen-bond donors (Lipinski definition) is 0. The van der Waals surface area contributed by atoms with Crippen molar-refractivity contribution in [2.24, 2.45) is 0 Å². The molecule has 0 aliphatic carbocycles. The third kappa shape index (κ3) is 21.3. The molecule has 0 saturated carbocycles. The van der Waals surface area contributed by atoms with E-state index >= 15 is 0 Å². The van der Waals surface area contributed by atoms with Gasteiger partial charge in [0, 0.05) is 6.42 Å². The largest absolute Gasteiger partial charge is 0.461 e. The van der Waals surface area contributed by atoms with Crippen LogP contribution < -0.4 is 0 Å². The van der Waals surface area contributed by atoms with Gasteiger partial charge in [-0.05, 0) is 19.3 Å². The molecule has 0 spiro atoms. The zero-order chi connectivity index (χ0) is 19.1. The molecule has 0 fully saturated rings. The normalized spacial score (nSPS) is 11.3. The third-order valence-corrected chi connectivity index (χ3v) is 4.97. The van der Waals surface area contributed by atoms with Gasteiger partial charge in [-0.1, -0.05) is 116 Å². The van der Waals surface area contributed by atoms with E-state index in [4.69, 9.17) is 4.74 Å². The summed E-state index contributed by atoms with van der Waals surface area (Å²) in [5, 5.41) is 0. The first-order valence-corrected chi connectivity index (χ1v) is 11.6. The molecule has 0 aromatic rings. The molecule has 0 unspecified atom stereocenters. The van der Waals surface area contributed by atoms with Crippen LogP contribution in [0.25, 0.3) is 0 Å². The van der Waals surface area contributed by atoms with Crippen LogP contribution in [0.15, 0.2) is 12.2 Å². The first-order valence-electron chi connectivity index (χ1n) is 11.6. The van der Waals surface area contributed by atoms with Crippen LogP contribution in [0.4, 0.5) is 0 Å². The minimum atomic E-state index is -0.0359. The monoisotopic (exact) mass is 366 g/mol. The number of carbonyl (C=O) groups is 1. The molecule has 0 heterocycles. The van der Waals surface area contributed by atoms with Crippen molar-refractivity contribution >= 4 is 5.97 Å². The molecule has 0 saturated heterocycles. The van der Waals surface area contributed by atoms with Gasteiger partial charge in [-0.2, -0.15) is 0 Å². The van der Waals surface area contributed by atoms with E-state index in [0.29, 0.717) is 13.0 Å². The van der Waals surface area contributed by atoms with Crippen LogP contribution in [-0.4, -0.2) is 12.6 Å². The van der Waals surface area contributed by atoms with E-state index in [1.54, 1.807) is 0 Å².